The van der Waals surface area contributed by atoms with Crippen LogP contribution in [0, 0.1) is 5.92 Å². The number of aromatic nitrogens is 2. The summed E-state index contributed by atoms with van der Waals surface area (Å²) in [6.45, 7) is 0.579. The first-order chi connectivity index (χ1) is 15.6. The Labute approximate surface area is 198 Å². The zero-order valence-electron chi connectivity index (χ0n) is 17.8. The minimum Gasteiger partial charge on any atom is -0.349 e. The highest BCUT2D eigenvalue weighted by molar-refractivity contribution is 6.36. The van der Waals surface area contributed by atoms with Gasteiger partial charge in [0.2, 0.25) is 0 Å². The fourth-order valence-corrected chi connectivity index (χ4v) is 5.03. The smallest absolute Gasteiger partial charge is 0.349 e. The molecule has 1 heterocycles. The molecule has 1 amide bonds. The molecule has 0 aliphatic heterocycles. The molecule has 1 aliphatic rings. The molecule has 1 aromatic heterocycles. The molecule has 33 heavy (non-hydrogen) atoms. The number of carbonyl (C=O) groups excluding carboxylic acids is 1. The lowest BCUT2D eigenvalue weighted by Gasteiger charge is -2.29. The van der Waals surface area contributed by atoms with E-state index >= 15 is 0 Å². The fraction of sp³-hybridized carbons (Fsp3) is 0.391. The molecule has 2 aromatic carbocycles. The second-order valence-electron chi connectivity index (χ2n) is 8.44. The summed E-state index contributed by atoms with van der Waals surface area (Å²) in [4.78, 5) is 25.3. The number of fused-ring (bicyclic) bond motifs is 1. The number of nitrogens with one attached hydrogen (secondary N) is 1. The van der Waals surface area contributed by atoms with Gasteiger partial charge in [0.1, 0.15) is 0 Å². The number of hydrogen-bond acceptors (Lipinski definition) is 2. The molecule has 1 saturated carbocycles. The van der Waals surface area contributed by atoms with Crippen molar-refractivity contribution in [3.05, 3.63) is 68.1 Å². The highest BCUT2D eigenvalue weighted by Gasteiger charge is 2.36. The van der Waals surface area contributed by atoms with Crippen molar-refractivity contribution in [2.24, 2.45) is 13.0 Å². The summed E-state index contributed by atoms with van der Waals surface area (Å²) in [5, 5.41) is 1.92. The number of halogens is 5. The van der Waals surface area contributed by atoms with Crippen LogP contribution in [0.2, 0.25) is 10.0 Å². The van der Waals surface area contributed by atoms with Gasteiger partial charge in [-0.05, 0) is 55.9 Å². The normalized spacial score (nSPS) is 19.1. The average Bonchev–Trinajstić information content (AvgIpc) is 3.00. The van der Waals surface area contributed by atoms with Crippen LogP contribution in [0.25, 0.3) is 11.0 Å². The van der Waals surface area contributed by atoms with Gasteiger partial charge in [-0.1, -0.05) is 35.3 Å². The minimum atomic E-state index is -4.71. The maximum Gasteiger partial charge on any atom is 0.417 e. The van der Waals surface area contributed by atoms with Crippen LogP contribution in [0.15, 0.2) is 41.2 Å². The third-order valence-corrected chi connectivity index (χ3v) is 6.89. The van der Waals surface area contributed by atoms with Gasteiger partial charge in [0.05, 0.1) is 27.2 Å². The lowest BCUT2D eigenvalue weighted by Crippen LogP contribution is -2.39. The molecule has 0 radical (unpaired) electrons. The summed E-state index contributed by atoms with van der Waals surface area (Å²) in [6.07, 6.45) is -1.86. The summed E-state index contributed by atoms with van der Waals surface area (Å²) in [7, 11) is 1.75. The lowest BCUT2D eigenvalue weighted by molar-refractivity contribution is -0.137. The number of carbonyl (C=O) groups is 1. The first-order valence-corrected chi connectivity index (χ1v) is 11.3. The topological polar surface area (TPSA) is 56.0 Å². The quantitative estimate of drug-likeness (QED) is 0.503. The van der Waals surface area contributed by atoms with Crippen molar-refractivity contribution in [3.63, 3.8) is 0 Å². The van der Waals surface area contributed by atoms with E-state index < -0.39 is 22.7 Å². The van der Waals surface area contributed by atoms with Gasteiger partial charge < -0.3 is 5.32 Å². The van der Waals surface area contributed by atoms with Crippen molar-refractivity contribution in [1.29, 1.82) is 0 Å². The molecule has 3 aromatic rings. The maximum atomic E-state index is 13.2. The van der Waals surface area contributed by atoms with Gasteiger partial charge in [0.25, 0.3) is 5.91 Å². The highest BCUT2D eigenvalue weighted by Crippen LogP contribution is 2.38. The van der Waals surface area contributed by atoms with Crippen molar-refractivity contribution in [3.8, 4) is 0 Å². The Bertz CT molecular complexity index is 1260. The van der Waals surface area contributed by atoms with Gasteiger partial charge >= 0.3 is 11.9 Å². The number of benzene rings is 2. The molecule has 4 rings (SSSR count). The highest BCUT2D eigenvalue weighted by atomic mass is 35.5. The SMILES string of the molecule is Cn1c(=O)n(CC2CCC(NC(=O)c3cc(Cl)cc(C(F)(F)F)c3Cl)CC2)c2ccccc21. The van der Waals surface area contributed by atoms with Gasteiger partial charge in [-0.3, -0.25) is 13.9 Å². The predicted octanol–water partition coefficient (Wildman–Crippen LogP) is 5.65. The molecule has 0 unspecified atom stereocenters. The summed E-state index contributed by atoms with van der Waals surface area (Å²) < 4.78 is 42.9. The molecule has 0 atom stereocenters. The van der Waals surface area contributed by atoms with E-state index in [1.165, 1.54) is 0 Å². The molecule has 10 heteroatoms. The van der Waals surface area contributed by atoms with E-state index in [1.807, 2.05) is 24.3 Å². The number of hydrogen-bond donors (Lipinski definition) is 1. The Morgan fingerprint density at radius 1 is 1.09 bits per heavy atom. The molecule has 176 valence electrons. The average molecular weight is 500 g/mol. The molecule has 1 aliphatic carbocycles. The van der Waals surface area contributed by atoms with E-state index in [-0.39, 0.29) is 28.2 Å². The Morgan fingerprint density at radius 3 is 2.36 bits per heavy atom. The molecule has 0 saturated heterocycles. The van der Waals surface area contributed by atoms with Gasteiger partial charge in [-0.25, -0.2) is 4.79 Å². The van der Waals surface area contributed by atoms with E-state index in [0.29, 0.717) is 25.5 Å². The zero-order valence-corrected chi connectivity index (χ0v) is 19.3. The van der Waals surface area contributed by atoms with E-state index in [9.17, 15) is 22.8 Å². The number of para-hydroxylation sites is 2. The van der Waals surface area contributed by atoms with Gasteiger partial charge in [-0.2, -0.15) is 13.2 Å². The van der Waals surface area contributed by atoms with Crippen molar-refractivity contribution in [2.75, 3.05) is 0 Å². The number of alkyl halides is 3. The molecular weight excluding hydrogens is 478 g/mol. The summed E-state index contributed by atoms with van der Waals surface area (Å²) in [5.74, 6) is -0.421. The Balaban J connectivity index is 1.42. The molecule has 1 N–H and O–H groups in total. The Kier molecular flexibility index (Phi) is 6.51. The monoisotopic (exact) mass is 499 g/mol. The van der Waals surface area contributed by atoms with Crippen LogP contribution >= 0.6 is 23.2 Å². The molecule has 0 spiro atoms. The van der Waals surface area contributed by atoms with Crippen LogP contribution in [-0.2, 0) is 19.8 Å². The maximum absolute atomic E-state index is 13.2. The molecule has 1 fully saturated rings. The van der Waals surface area contributed by atoms with E-state index in [0.717, 1.165) is 29.9 Å². The largest absolute Gasteiger partial charge is 0.417 e. The number of nitrogens with zero attached hydrogens (tertiary/aromatic N) is 2. The van der Waals surface area contributed by atoms with Crippen LogP contribution < -0.4 is 11.0 Å². The number of rotatable bonds is 4. The number of aryl methyl sites for hydroxylation is 1. The second-order valence-corrected chi connectivity index (χ2v) is 9.26. The van der Waals surface area contributed by atoms with Crippen LogP contribution in [0.1, 0.15) is 41.6 Å². The van der Waals surface area contributed by atoms with Crippen LogP contribution in [0.3, 0.4) is 0 Å². The first-order valence-electron chi connectivity index (χ1n) is 10.6. The summed E-state index contributed by atoms with van der Waals surface area (Å²) in [5.41, 5.74) is 0.270. The minimum absolute atomic E-state index is 0.0670. The fourth-order valence-electron chi connectivity index (χ4n) is 4.51. The predicted molar refractivity (Wildman–Crippen MR) is 122 cm³/mol. The van der Waals surface area contributed by atoms with Crippen molar-refractivity contribution in [2.45, 2.75) is 44.4 Å². The van der Waals surface area contributed by atoms with Crippen molar-refractivity contribution < 1.29 is 18.0 Å². The molecule has 0 bridgehead atoms. The Morgan fingerprint density at radius 2 is 1.73 bits per heavy atom. The standard InChI is InChI=1S/C23H22Cl2F3N3O2/c1-30-18-4-2-3-5-19(18)31(22(30)33)12-13-6-8-15(9-7-13)29-21(32)16-10-14(24)11-17(20(16)25)23(26,27)28/h2-5,10-11,13,15H,6-9,12H2,1H3,(H,29,32). The number of imidazole rings is 1. The van der Waals surface area contributed by atoms with Crippen LogP contribution in [0.5, 0.6) is 0 Å². The molecular formula is C23H22Cl2F3N3O2. The van der Waals surface area contributed by atoms with Gasteiger partial charge in [-0.15, -0.1) is 0 Å². The first kappa shape index (κ1) is 23.7. The Hall–Kier alpha value is -2.45. The van der Waals surface area contributed by atoms with Gasteiger partial charge in [0, 0.05) is 24.7 Å². The van der Waals surface area contributed by atoms with Crippen molar-refractivity contribution >= 4 is 40.1 Å². The summed E-state index contributed by atoms with van der Waals surface area (Å²) in [6, 6.07) is 9.29. The van der Waals surface area contributed by atoms with Crippen LogP contribution in [0.4, 0.5) is 13.2 Å². The zero-order chi connectivity index (χ0) is 23.9. The lowest BCUT2D eigenvalue weighted by atomic mass is 9.85. The van der Waals surface area contributed by atoms with E-state index in [1.54, 1.807) is 16.2 Å². The van der Waals surface area contributed by atoms with Gasteiger partial charge in [0.15, 0.2) is 0 Å². The second kappa shape index (κ2) is 9.06. The van der Waals surface area contributed by atoms with E-state index in [4.69, 9.17) is 23.2 Å². The van der Waals surface area contributed by atoms with Crippen LogP contribution in [-0.4, -0.2) is 21.1 Å². The number of amides is 1. The van der Waals surface area contributed by atoms with E-state index in [2.05, 4.69) is 5.32 Å². The van der Waals surface area contributed by atoms with Crippen molar-refractivity contribution in [1.82, 2.24) is 14.5 Å². The third-order valence-electron chi connectivity index (χ3n) is 6.26. The molecule has 5 nitrogen and oxygen atoms in total. The third kappa shape index (κ3) is 4.77. The summed E-state index contributed by atoms with van der Waals surface area (Å²) >= 11 is 11.7.